The summed E-state index contributed by atoms with van der Waals surface area (Å²) in [6.45, 7) is 3.83. The maximum Gasteiger partial charge on any atom is 0.220 e. The molecular formula is C72H139NO8. The van der Waals surface area contributed by atoms with Gasteiger partial charge in [-0.05, 0) is 32.1 Å². The van der Waals surface area contributed by atoms with Crippen LogP contribution in [0.15, 0.2) is 24.3 Å². The summed E-state index contributed by atoms with van der Waals surface area (Å²) >= 11 is 0. The number of allylic oxidation sites excluding steroid dienone is 3. The molecule has 1 aliphatic heterocycles. The lowest BCUT2D eigenvalue weighted by molar-refractivity contribution is -0.302. The van der Waals surface area contributed by atoms with E-state index >= 15 is 0 Å². The number of amides is 1. The smallest absolute Gasteiger partial charge is 0.220 e. The molecule has 0 aromatic rings. The summed E-state index contributed by atoms with van der Waals surface area (Å²) in [7, 11) is 0. The molecule has 9 nitrogen and oxygen atoms in total. The number of carbonyl (C=O) groups is 1. The van der Waals surface area contributed by atoms with Crippen LogP contribution in [0.3, 0.4) is 0 Å². The van der Waals surface area contributed by atoms with E-state index < -0.39 is 49.5 Å². The van der Waals surface area contributed by atoms with Crippen molar-refractivity contribution in [1.29, 1.82) is 0 Å². The second-order valence-electron chi connectivity index (χ2n) is 25.4. The third kappa shape index (κ3) is 50.5. The molecule has 81 heavy (non-hydrogen) atoms. The van der Waals surface area contributed by atoms with Gasteiger partial charge in [-0.15, -0.1) is 0 Å². The summed E-state index contributed by atoms with van der Waals surface area (Å²) in [6, 6.07) is -0.820. The molecule has 480 valence electrons. The predicted molar refractivity (Wildman–Crippen MR) is 346 cm³/mol. The molecule has 1 aliphatic rings. The van der Waals surface area contributed by atoms with Gasteiger partial charge in [0.2, 0.25) is 5.91 Å². The van der Waals surface area contributed by atoms with Gasteiger partial charge in [-0.3, -0.25) is 4.79 Å². The van der Waals surface area contributed by atoms with Gasteiger partial charge in [0.15, 0.2) is 6.29 Å². The van der Waals surface area contributed by atoms with Crippen molar-refractivity contribution in [2.45, 2.75) is 416 Å². The van der Waals surface area contributed by atoms with Gasteiger partial charge in [0.05, 0.1) is 25.4 Å². The van der Waals surface area contributed by atoms with Crippen LogP contribution in [0.4, 0.5) is 0 Å². The molecule has 9 heteroatoms. The van der Waals surface area contributed by atoms with Gasteiger partial charge in [0.1, 0.15) is 24.4 Å². The van der Waals surface area contributed by atoms with E-state index in [1.54, 1.807) is 6.08 Å². The predicted octanol–water partition coefficient (Wildman–Crippen LogP) is 19.6. The fourth-order valence-electron chi connectivity index (χ4n) is 11.9. The molecule has 0 radical (unpaired) electrons. The van der Waals surface area contributed by atoms with E-state index in [2.05, 4.69) is 31.3 Å². The maximum atomic E-state index is 13.1. The normalized spacial score (nSPS) is 18.4. The van der Waals surface area contributed by atoms with Crippen molar-refractivity contribution >= 4 is 5.91 Å². The largest absolute Gasteiger partial charge is 0.394 e. The number of ether oxygens (including phenoxy) is 2. The first kappa shape index (κ1) is 77.7. The summed E-state index contributed by atoms with van der Waals surface area (Å²) in [4.78, 5) is 13.1. The lowest BCUT2D eigenvalue weighted by Gasteiger charge is -2.40. The highest BCUT2D eigenvalue weighted by Gasteiger charge is 2.44. The fourth-order valence-corrected chi connectivity index (χ4v) is 11.9. The number of rotatable bonds is 64. The van der Waals surface area contributed by atoms with Gasteiger partial charge >= 0.3 is 0 Å². The standard InChI is InChI=1S/C72H139NO8/c1-3-5-7-9-11-13-15-17-19-21-23-25-27-29-30-31-32-33-34-35-36-38-40-42-44-46-48-50-52-54-56-58-60-62-68(76)73-65(64-80-72-71(79)70(78)69(77)67(63-74)81-72)66(75)61-59-57-55-53-51-49-47-45-43-41-39-37-28-26-24-22-20-18-16-14-12-10-8-6-4-2/h51,53,59,61,65-67,69-72,74-75,77-79H,3-50,52,54-58,60,62-64H2,1-2H3,(H,73,76)/b53-51+,61-59+. The molecule has 6 N–H and O–H groups in total. The molecule has 1 amide bonds. The zero-order chi connectivity index (χ0) is 58.6. The topological polar surface area (TPSA) is 149 Å². The quantitative estimate of drug-likeness (QED) is 0.0261. The van der Waals surface area contributed by atoms with Gasteiger partial charge in [0.25, 0.3) is 0 Å². The van der Waals surface area contributed by atoms with E-state index in [1.165, 1.54) is 315 Å². The second-order valence-corrected chi connectivity index (χ2v) is 25.4. The highest BCUT2D eigenvalue weighted by Crippen LogP contribution is 2.24. The molecule has 0 saturated carbocycles. The van der Waals surface area contributed by atoms with Crippen molar-refractivity contribution in [2.24, 2.45) is 0 Å². The van der Waals surface area contributed by atoms with Crippen LogP contribution in [0.2, 0.25) is 0 Å². The number of aliphatic hydroxyl groups excluding tert-OH is 5. The lowest BCUT2D eigenvalue weighted by atomic mass is 9.99. The Hall–Kier alpha value is -1.33. The average Bonchev–Trinajstić information content (AvgIpc) is 3.47. The first-order valence-corrected chi connectivity index (χ1v) is 36.1. The lowest BCUT2D eigenvalue weighted by Crippen LogP contribution is -2.60. The minimum Gasteiger partial charge on any atom is -0.394 e. The Labute approximate surface area is 502 Å². The Morgan fingerprint density at radius 3 is 1.04 bits per heavy atom. The summed E-state index contributed by atoms with van der Waals surface area (Å²) in [5, 5.41) is 54.7. The highest BCUT2D eigenvalue weighted by molar-refractivity contribution is 5.76. The van der Waals surface area contributed by atoms with E-state index in [0.29, 0.717) is 6.42 Å². The zero-order valence-electron chi connectivity index (χ0n) is 53.8. The highest BCUT2D eigenvalue weighted by atomic mass is 16.7. The minimum absolute atomic E-state index is 0.177. The number of aliphatic hydroxyl groups is 5. The van der Waals surface area contributed by atoms with Crippen LogP contribution in [0.5, 0.6) is 0 Å². The van der Waals surface area contributed by atoms with Crippen LogP contribution in [-0.4, -0.2) is 87.5 Å². The third-order valence-corrected chi connectivity index (χ3v) is 17.5. The van der Waals surface area contributed by atoms with Crippen molar-refractivity contribution in [3.63, 3.8) is 0 Å². The third-order valence-electron chi connectivity index (χ3n) is 17.5. The van der Waals surface area contributed by atoms with E-state index in [1.807, 2.05) is 6.08 Å². The average molecular weight is 1150 g/mol. The van der Waals surface area contributed by atoms with Gasteiger partial charge < -0.3 is 40.3 Å². The van der Waals surface area contributed by atoms with Crippen molar-refractivity contribution in [3.05, 3.63) is 24.3 Å². The van der Waals surface area contributed by atoms with Crippen molar-refractivity contribution in [3.8, 4) is 0 Å². The minimum atomic E-state index is -1.57. The molecule has 7 unspecified atom stereocenters. The summed E-state index contributed by atoms with van der Waals surface area (Å²) < 4.78 is 11.3. The monoisotopic (exact) mass is 1150 g/mol. The fraction of sp³-hybridized carbons (Fsp3) is 0.931. The molecule has 1 rings (SSSR count). The Morgan fingerprint density at radius 1 is 0.407 bits per heavy atom. The maximum absolute atomic E-state index is 13.1. The number of nitrogens with one attached hydrogen (secondary N) is 1. The Bertz CT molecular complexity index is 1330. The molecule has 7 atom stereocenters. The van der Waals surface area contributed by atoms with Gasteiger partial charge in [-0.1, -0.05) is 359 Å². The summed E-state index contributed by atoms with van der Waals surface area (Å²) in [6.07, 6.45) is 74.5. The van der Waals surface area contributed by atoms with Crippen LogP contribution in [0.25, 0.3) is 0 Å². The van der Waals surface area contributed by atoms with Crippen molar-refractivity contribution < 1.29 is 39.8 Å². The molecule has 1 heterocycles. The van der Waals surface area contributed by atoms with E-state index in [4.69, 9.17) is 9.47 Å². The summed E-state index contributed by atoms with van der Waals surface area (Å²) in [5.74, 6) is -0.177. The molecule has 0 spiro atoms. The van der Waals surface area contributed by atoms with Crippen LogP contribution >= 0.6 is 0 Å². The van der Waals surface area contributed by atoms with Gasteiger partial charge in [0, 0.05) is 6.42 Å². The number of unbranched alkanes of at least 4 members (excludes halogenated alkanes) is 52. The molecule has 0 aromatic carbocycles. The van der Waals surface area contributed by atoms with Crippen LogP contribution in [0.1, 0.15) is 373 Å². The van der Waals surface area contributed by atoms with Gasteiger partial charge in [-0.25, -0.2) is 0 Å². The summed E-state index contributed by atoms with van der Waals surface area (Å²) in [5.41, 5.74) is 0. The Morgan fingerprint density at radius 2 is 0.704 bits per heavy atom. The second kappa shape index (κ2) is 61.7. The van der Waals surface area contributed by atoms with E-state index in [-0.39, 0.29) is 12.5 Å². The Balaban J connectivity index is 2.11. The molecule has 1 fully saturated rings. The van der Waals surface area contributed by atoms with E-state index in [9.17, 15) is 30.3 Å². The SMILES string of the molecule is CCCCCCCCCCCCCCCCCCCCC/C=C/CC/C=C/C(O)C(COC1OC(CO)C(O)C(O)C1O)NC(=O)CCCCCCCCCCCCCCCCCCCCCCCCCCCCCCCCCCC. The molecule has 0 aliphatic carbocycles. The molecule has 0 bridgehead atoms. The van der Waals surface area contributed by atoms with Crippen LogP contribution in [0, 0.1) is 0 Å². The molecule has 0 aromatic heterocycles. The van der Waals surface area contributed by atoms with Crippen LogP contribution in [-0.2, 0) is 14.3 Å². The molecule has 1 saturated heterocycles. The first-order chi connectivity index (χ1) is 39.8. The molecular weight excluding hydrogens is 1010 g/mol. The van der Waals surface area contributed by atoms with E-state index in [0.717, 1.165) is 38.5 Å². The van der Waals surface area contributed by atoms with Crippen molar-refractivity contribution in [2.75, 3.05) is 13.2 Å². The van der Waals surface area contributed by atoms with Gasteiger partial charge in [-0.2, -0.15) is 0 Å². The number of carbonyl (C=O) groups excluding carboxylic acids is 1. The number of hydrogen-bond donors (Lipinski definition) is 6. The Kier molecular flexibility index (Phi) is 59.2. The van der Waals surface area contributed by atoms with Crippen molar-refractivity contribution in [1.82, 2.24) is 5.32 Å². The number of hydrogen-bond acceptors (Lipinski definition) is 8. The van der Waals surface area contributed by atoms with Crippen LogP contribution < -0.4 is 5.32 Å². The zero-order valence-corrected chi connectivity index (χ0v) is 53.8. The first-order valence-electron chi connectivity index (χ1n) is 36.1.